The van der Waals surface area contributed by atoms with Crippen molar-refractivity contribution >= 4 is 10.2 Å². The van der Waals surface area contributed by atoms with Crippen LogP contribution in [0.15, 0.2) is 0 Å². The average molecular weight is 304 g/mol. The highest BCUT2D eigenvalue weighted by atomic mass is 32.2. The largest absolute Gasteiger partial charge is 0.379 e. The van der Waals surface area contributed by atoms with Gasteiger partial charge in [-0.1, -0.05) is 0 Å². The molecule has 0 aromatic rings. The molecule has 3 heterocycles. The monoisotopic (exact) mass is 304 g/mol. The third kappa shape index (κ3) is 3.00. The van der Waals surface area contributed by atoms with Crippen molar-refractivity contribution in [2.24, 2.45) is 0 Å². The molecule has 0 bridgehead atoms. The number of rotatable bonds is 3. The molecule has 1 N–H and O–H groups in total. The molecule has 8 heteroatoms. The predicted octanol–water partition coefficient (Wildman–Crippen LogP) is -1.46. The van der Waals surface area contributed by atoms with Crippen molar-refractivity contribution in [1.82, 2.24) is 18.8 Å². The standard InChI is InChI=1S/C12H24N4O3S/c17-20(18,15-7-9-19-10-8-15)16-4-1-12(11-16)14-5-2-13-3-6-14/h12-13H,1-11H2. The van der Waals surface area contributed by atoms with E-state index in [1.54, 1.807) is 8.61 Å². The zero-order valence-electron chi connectivity index (χ0n) is 11.8. The second-order valence-corrected chi connectivity index (χ2v) is 7.53. The minimum absolute atomic E-state index is 0.382. The summed E-state index contributed by atoms with van der Waals surface area (Å²) in [6.45, 7) is 7.33. The maximum absolute atomic E-state index is 12.6. The Labute approximate surface area is 121 Å². The average Bonchev–Trinajstić information content (AvgIpc) is 3.00. The maximum Gasteiger partial charge on any atom is 0.282 e. The molecule has 0 aromatic carbocycles. The van der Waals surface area contributed by atoms with E-state index in [2.05, 4.69) is 10.2 Å². The van der Waals surface area contributed by atoms with E-state index in [1.165, 1.54) is 0 Å². The highest BCUT2D eigenvalue weighted by Crippen LogP contribution is 2.21. The quantitative estimate of drug-likeness (QED) is 0.691. The van der Waals surface area contributed by atoms with Gasteiger partial charge in [0.2, 0.25) is 0 Å². The lowest BCUT2D eigenvalue weighted by Crippen LogP contribution is -2.51. The molecule has 0 spiro atoms. The van der Waals surface area contributed by atoms with Crippen molar-refractivity contribution in [3.8, 4) is 0 Å². The van der Waals surface area contributed by atoms with Crippen molar-refractivity contribution < 1.29 is 13.2 Å². The number of morpholine rings is 1. The Bertz CT molecular complexity index is 418. The molecule has 0 aromatic heterocycles. The van der Waals surface area contributed by atoms with E-state index in [9.17, 15) is 8.42 Å². The van der Waals surface area contributed by atoms with Crippen LogP contribution in [0.25, 0.3) is 0 Å². The first-order valence-corrected chi connectivity index (χ1v) is 8.85. The van der Waals surface area contributed by atoms with Crippen LogP contribution in [-0.2, 0) is 14.9 Å². The minimum atomic E-state index is -3.29. The Kier molecular flexibility index (Phi) is 4.58. The molecule has 7 nitrogen and oxygen atoms in total. The number of nitrogens with zero attached hydrogens (tertiary/aromatic N) is 3. The van der Waals surface area contributed by atoms with Gasteiger partial charge in [0.25, 0.3) is 10.2 Å². The molecule has 3 aliphatic rings. The molecule has 0 radical (unpaired) electrons. The SMILES string of the molecule is O=S(=O)(N1CCOCC1)N1CCC(N2CCNCC2)C1. The number of hydrogen-bond donors (Lipinski definition) is 1. The Morgan fingerprint density at radius 3 is 2.35 bits per heavy atom. The van der Waals surface area contributed by atoms with Gasteiger partial charge in [0.05, 0.1) is 13.2 Å². The smallest absolute Gasteiger partial charge is 0.282 e. The first kappa shape index (κ1) is 14.7. The van der Waals surface area contributed by atoms with Crippen LogP contribution in [0.5, 0.6) is 0 Å². The van der Waals surface area contributed by atoms with Crippen LogP contribution in [0.2, 0.25) is 0 Å². The van der Waals surface area contributed by atoms with Gasteiger partial charge in [-0.25, -0.2) is 0 Å². The Hall–Kier alpha value is -0.250. The van der Waals surface area contributed by atoms with Gasteiger partial charge in [0, 0.05) is 58.4 Å². The number of nitrogens with one attached hydrogen (secondary N) is 1. The van der Waals surface area contributed by atoms with Crippen LogP contribution in [0.4, 0.5) is 0 Å². The minimum Gasteiger partial charge on any atom is -0.379 e. The fourth-order valence-corrected chi connectivity index (χ4v) is 4.84. The number of hydrogen-bond acceptors (Lipinski definition) is 5. The van der Waals surface area contributed by atoms with Crippen molar-refractivity contribution in [1.29, 1.82) is 0 Å². The molecule has 0 amide bonds. The third-order valence-corrected chi connectivity index (χ3v) is 6.42. The van der Waals surface area contributed by atoms with Gasteiger partial charge in [-0.2, -0.15) is 17.0 Å². The third-order valence-electron chi connectivity index (χ3n) is 4.42. The Morgan fingerprint density at radius 2 is 1.65 bits per heavy atom. The molecular weight excluding hydrogens is 280 g/mol. The second kappa shape index (κ2) is 6.25. The van der Waals surface area contributed by atoms with Gasteiger partial charge in [-0.15, -0.1) is 0 Å². The van der Waals surface area contributed by atoms with Gasteiger partial charge in [0.15, 0.2) is 0 Å². The molecule has 1 atom stereocenters. The van der Waals surface area contributed by atoms with Gasteiger partial charge >= 0.3 is 0 Å². The van der Waals surface area contributed by atoms with Gasteiger partial charge in [-0.05, 0) is 6.42 Å². The number of piperazine rings is 1. The highest BCUT2D eigenvalue weighted by molar-refractivity contribution is 7.86. The van der Waals surface area contributed by atoms with E-state index in [4.69, 9.17) is 4.74 Å². The zero-order valence-corrected chi connectivity index (χ0v) is 12.6. The predicted molar refractivity (Wildman–Crippen MR) is 75.7 cm³/mol. The summed E-state index contributed by atoms with van der Waals surface area (Å²) < 4.78 is 33.6. The zero-order chi connectivity index (χ0) is 14.0. The molecule has 3 aliphatic heterocycles. The van der Waals surface area contributed by atoms with Crippen molar-refractivity contribution in [3.63, 3.8) is 0 Å². The molecule has 3 saturated heterocycles. The molecule has 1 unspecified atom stereocenters. The topological polar surface area (TPSA) is 65.1 Å². The van der Waals surface area contributed by atoms with E-state index in [0.29, 0.717) is 45.4 Å². The molecule has 0 aliphatic carbocycles. The Balaban J connectivity index is 1.60. The van der Waals surface area contributed by atoms with E-state index >= 15 is 0 Å². The summed E-state index contributed by atoms with van der Waals surface area (Å²) in [5.41, 5.74) is 0. The summed E-state index contributed by atoms with van der Waals surface area (Å²) >= 11 is 0. The first-order chi connectivity index (χ1) is 9.68. The van der Waals surface area contributed by atoms with E-state index < -0.39 is 10.2 Å². The van der Waals surface area contributed by atoms with Crippen LogP contribution in [0.3, 0.4) is 0 Å². The molecule has 0 saturated carbocycles. The lowest BCUT2D eigenvalue weighted by atomic mass is 10.2. The van der Waals surface area contributed by atoms with Crippen molar-refractivity contribution in [3.05, 3.63) is 0 Å². The van der Waals surface area contributed by atoms with Crippen LogP contribution >= 0.6 is 0 Å². The van der Waals surface area contributed by atoms with Crippen molar-refractivity contribution in [2.75, 3.05) is 65.6 Å². The summed E-state index contributed by atoms with van der Waals surface area (Å²) in [6, 6.07) is 0.382. The van der Waals surface area contributed by atoms with Crippen LogP contribution in [0.1, 0.15) is 6.42 Å². The highest BCUT2D eigenvalue weighted by Gasteiger charge is 2.38. The number of ether oxygens (including phenoxy) is 1. The molecule has 3 rings (SSSR count). The van der Waals surface area contributed by atoms with Gasteiger partial charge in [-0.3, -0.25) is 4.90 Å². The van der Waals surface area contributed by atoms with Crippen molar-refractivity contribution in [2.45, 2.75) is 12.5 Å². The van der Waals surface area contributed by atoms with Crippen LogP contribution < -0.4 is 5.32 Å². The lowest BCUT2D eigenvalue weighted by Gasteiger charge is -2.33. The molecule has 116 valence electrons. The lowest BCUT2D eigenvalue weighted by molar-refractivity contribution is 0.0704. The first-order valence-electron chi connectivity index (χ1n) is 7.46. The summed E-state index contributed by atoms with van der Waals surface area (Å²) in [6.07, 6.45) is 0.948. The van der Waals surface area contributed by atoms with E-state index in [0.717, 1.165) is 32.6 Å². The van der Waals surface area contributed by atoms with E-state index in [1.807, 2.05) is 0 Å². The Morgan fingerprint density at radius 1 is 0.950 bits per heavy atom. The van der Waals surface area contributed by atoms with Crippen LogP contribution in [-0.4, -0.2) is 93.5 Å². The molecule has 20 heavy (non-hydrogen) atoms. The second-order valence-electron chi connectivity index (χ2n) is 5.61. The maximum atomic E-state index is 12.6. The van der Waals surface area contributed by atoms with Gasteiger partial charge < -0.3 is 10.1 Å². The van der Waals surface area contributed by atoms with Crippen LogP contribution in [0, 0.1) is 0 Å². The molecule has 3 fully saturated rings. The van der Waals surface area contributed by atoms with E-state index in [-0.39, 0.29) is 0 Å². The summed E-state index contributed by atoms with van der Waals surface area (Å²) in [5.74, 6) is 0. The summed E-state index contributed by atoms with van der Waals surface area (Å²) in [5, 5.41) is 3.34. The normalized spacial score (nSPS) is 31.7. The fourth-order valence-electron chi connectivity index (χ4n) is 3.21. The van der Waals surface area contributed by atoms with Gasteiger partial charge in [0.1, 0.15) is 0 Å². The summed E-state index contributed by atoms with van der Waals surface area (Å²) in [7, 11) is -3.29. The fraction of sp³-hybridized carbons (Fsp3) is 1.00. The molecular formula is C12H24N4O3S. The summed E-state index contributed by atoms with van der Waals surface area (Å²) in [4.78, 5) is 2.42.